The molecule has 0 aliphatic heterocycles. The minimum absolute atomic E-state index is 0.0314. The van der Waals surface area contributed by atoms with Crippen molar-refractivity contribution in [2.45, 2.75) is 27.3 Å². The molecule has 0 bridgehead atoms. The molecule has 3 N–H and O–H groups in total. The van der Waals surface area contributed by atoms with Crippen LogP contribution in [0.15, 0.2) is 4.79 Å². The van der Waals surface area contributed by atoms with Gasteiger partial charge in [0.2, 0.25) is 5.95 Å². The molecule has 0 spiro atoms. The molecule has 0 atom stereocenters. The standard InChI is InChI=1S/C12H18N4OS/c1-4-16-11(17)9-7(2)8(3)18-10(9)15-12(16)14-6-5-13/h4-6,13H2,1-3H3,(H,14,15). The molecular formula is C12H18N4OS. The van der Waals surface area contributed by atoms with Crippen LogP contribution in [0.25, 0.3) is 10.2 Å². The lowest BCUT2D eigenvalue weighted by Crippen LogP contribution is -2.26. The van der Waals surface area contributed by atoms with E-state index in [4.69, 9.17) is 5.73 Å². The van der Waals surface area contributed by atoms with E-state index >= 15 is 0 Å². The monoisotopic (exact) mass is 266 g/mol. The van der Waals surface area contributed by atoms with E-state index in [0.29, 0.717) is 25.6 Å². The Morgan fingerprint density at radius 1 is 1.44 bits per heavy atom. The Bertz CT molecular complexity index is 629. The average molecular weight is 266 g/mol. The Morgan fingerprint density at radius 3 is 2.78 bits per heavy atom. The first-order valence-electron chi connectivity index (χ1n) is 6.04. The Labute approximate surface area is 110 Å². The van der Waals surface area contributed by atoms with Crippen molar-refractivity contribution in [2.75, 3.05) is 18.4 Å². The predicted molar refractivity (Wildman–Crippen MR) is 76.6 cm³/mol. The van der Waals surface area contributed by atoms with Crippen LogP contribution >= 0.6 is 11.3 Å². The minimum atomic E-state index is 0.0314. The van der Waals surface area contributed by atoms with Gasteiger partial charge in [-0.25, -0.2) is 4.98 Å². The number of fused-ring (bicyclic) bond motifs is 1. The molecule has 2 heterocycles. The van der Waals surface area contributed by atoms with E-state index in [1.54, 1.807) is 15.9 Å². The summed E-state index contributed by atoms with van der Waals surface area (Å²) in [5, 5.41) is 3.86. The fourth-order valence-electron chi connectivity index (χ4n) is 1.94. The van der Waals surface area contributed by atoms with Gasteiger partial charge >= 0.3 is 0 Å². The number of aromatic nitrogens is 2. The normalized spacial score (nSPS) is 11.1. The van der Waals surface area contributed by atoms with E-state index in [0.717, 1.165) is 20.7 Å². The topological polar surface area (TPSA) is 72.9 Å². The van der Waals surface area contributed by atoms with Gasteiger partial charge in [-0.05, 0) is 26.3 Å². The molecule has 98 valence electrons. The number of hydrogen-bond acceptors (Lipinski definition) is 5. The van der Waals surface area contributed by atoms with Gasteiger partial charge in [-0.15, -0.1) is 11.3 Å². The van der Waals surface area contributed by atoms with E-state index in [1.807, 2.05) is 20.8 Å². The second-order valence-corrected chi connectivity index (χ2v) is 5.37. The fourth-order valence-corrected chi connectivity index (χ4v) is 2.96. The lowest BCUT2D eigenvalue weighted by molar-refractivity contribution is 0.722. The van der Waals surface area contributed by atoms with Crippen molar-refractivity contribution in [3.8, 4) is 0 Å². The zero-order chi connectivity index (χ0) is 13.3. The zero-order valence-electron chi connectivity index (χ0n) is 10.9. The molecule has 6 heteroatoms. The van der Waals surface area contributed by atoms with Crippen molar-refractivity contribution in [3.63, 3.8) is 0 Å². The summed E-state index contributed by atoms with van der Waals surface area (Å²) in [6.07, 6.45) is 0. The summed E-state index contributed by atoms with van der Waals surface area (Å²) in [6.45, 7) is 7.66. The summed E-state index contributed by atoms with van der Waals surface area (Å²) in [7, 11) is 0. The van der Waals surface area contributed by atoms with E-state index in [9.17, 15) is 4.79 Å². The molecule has 2 aromatic heterocycles. The third-order valence-corrected chi connectivity index (χ3v) is 4.13. The highest BCUT2D eigenvalue weighted by atomic mass is 32.1. The van der Waals surface area contributed by atoms with Crippen LogP contribution in [0.5, 0.6) is 0 Å². The number of thiophene rings is 1. The van der Waals surface area contributed by atoms with Crippen LogP contribution in [0.2, 0.25) is 0 Å². The molecule has 2 rings (SSSR count). The molecule has 0 saturated heterocycles. The second kappa shape index (κ2) is 5.07. The molecule has 0 aliphatic rings. The van der Waals surface area contributed by atoms with Crippen LogP contribution in [0.4, 0.5) is 5.95 Å². The van der Waals surface area contributed by atoms with Gasteiger partial charge in [0.15, 0.2) is 0 Å². The number of nitrogens with two attached hydrogens (primary N) is 1. The van der Waals surface area contributed by atoms with Gasteiger partial charge in [-0.2, -0.15) is 0 Å². The van der Waals surface area contributed by atoms with Gasteiger partial charge in [-0.1, -0.05) is 0 Å². The molecular weight excluding hydrogens is 248 g/mol. The summed E-state index contributed by atoms with van der Waals surface area (Å²) in [5.74, 6) is 0.613. The first kappa shape index (κ1) is 13.0. The fraction of sp³-hybridized carbons (Fsp3) is 0.500. The van der Waals surface area contributed by atoms with Crippen LogP contribution in [-0.4, -0.2) is 22.6 Å². The van der Waals surface area contributed by atoms with Crippen molar-refractivity contribution in [2.24, 2.45) is 5.73 Å². The van der Waals surface area contributed by atoms with Crippen molar-refractivity contribution in [1.82, 2.24) is 9.55 Å². The quantitative estimate of drug-likeness (QED) is 0.879. The van der Waals surface area contributed by atoms with E-state index < -0.39 is 0 Å². The highest BCUT2D eigenvalue weighted by molar-refractivity contribution is 7.18. The Kier molecular flexibility index (Phi) is 3.68. The molecule has 0 fully saturated rings. The maximum absolute atomic E-state index is 12.4. The van der Waals surface area contributed by atoms with Crippen molar-refractivity contribution in [3.05, 3.63) is 20.8 Å². The van der Waals surface area contributed by atoms with Gasteiger partial charge in [0.25, 0.3) is 5.56 Å². The van der Waals surface area contributed by atoms with Crippen molar-refractivity contribution < 1.29 is 0 Å². The van der Waals surface area contributed by atoms with E-state index in [2.05, 4.69) is 10.3 Å². The van der Waals surface area contributed by atoms with Crippen LogP contribution in [0, 0.1) is 13.8 Å². The maximum Gasteiger partial charge on any atom is 0.263 e. The van der Waals surface area contributed by atoms with Crippen LogP contribution in [0.3, 0.4) is 0 Å². The lowest BCUT2D eigenvalue weighted by atomic mass is 10.2. The lowest BCUT2D eigenvalue weighted by Gasteiger charge is -2.11. The van der Waals surface area contributed by atoms with Crippen LogP contribution in [-0.2, 0) is 6.54 Å². The van der Waals surface area contributed by atoms with Crippen LogP contribution in [0.1, 0.15) is 17.4 Å². The number of aryl methyl sites for hydroxylation is 2. The summed E-state index contributed by atoms with van der Waals surface area (Å²) < 4.78 is 1.66. The molecule has 0 aromatic carbocycles. The SMILES string of the molecule is CCn1c(NCCN)nc2sc(C)c(C)c2c1=O. The summed E-state index contributed by atoms with van der Waals surface area (Å²) in [6, 6.07) is 0. The average Bonchev–Trinajstić information content (AvgIpc) is 2.63. The van der Waals surface area contributed by atoms with E-state index in [1.165, 1.54) is 0 Å². The summed E-state index contributed by atoms with van der Waals surface area (Å²) in [4.78, 5) is 18.9. The summed E-state index contributed by atoms with van der Waals surface area (Å²) >= 11 is 1.56. The van der Waals surface area contributed by atoms with E-state index in [-0.39, 0.29) is 5.56 Å². The largest absolute Gasteiger partial charge is 0.354 e. The van der Waals surface area contributed by atoms with Gasteiger partial charge in [0, 0.05) is 24.5 Å². The molecule has 18 heavy (non-hydrogen) atoms. The molecule has 0 amide bonds. The first-order chi connectivity index (χ1) is 8.60. The number of hydrogen-bond donors (Lipinski definition) is 2. The number of nitrogens with zero attached hydrogens (tertiary/aromatic N) is 2. The molecule has 0 aliphatic carbocycles. The smallest absolute Gasteiger partial charge is 0.263 e. The third kappa shape index (κ3) is 2.02. The number of nitrogens with one attached hydrogen (secondary N) is 1. The minimum Gasteiger partial charge on any atom is -0.354 e. The second-order valence-electron chi connectivity index (χ2n) is 4.16. The first-order valence-corrected chi connectivity index (χ1v) is 6.86. The third-order valence-electron chi connectivity index (χ3n) is 3.03. The molecule has 0 unspecified atom stereocenters. The Morgan fingerprint density at radius 2 is 2.17 bits per heavy atom. The Hall–Kier alpha value is -1.40. The van der Waals surface area contributed by atoms with Crippen molar-refractivity contribution >= 4 is 27.5 Å². The molecule has 0 saturated carbocycles. The van der Waals surface area contributed by atoms with Gasteiger partial charge in [0.1, 0.15) is 4.83 Å². The zero-order valence-corrected chi connectivity index (χ0v) is 11.7. The number of anilines is 1. The van der Waals surface area contributed by atoms with Gasteiger partial charge in [0.05, 0.1) is 5.39 Å². The summed E-state index contributed by atoms with van der Waals surface area (Å²) in [5.41, 5.74) is 6.54. The predicted octanol–water partition coefficient (Wildman–Crippen LogP) is 1.47. The molecule has 2 aromatic rings. The Balaban J connectivity index is 2.69. The number of rotatable bonds is 4. The molecule has 0 radical (unpaired) electrons. The highest BCUT2D eigenvalue weighted by Gasteiger charge is 2.15. The van der Waals surface area contributed by atoms with Gasteiger partial charge < -0.3 is 11.1 Å². The maximum atomic E-state index is 12.4. The molecule has 5 nitrogen and oxygen atoms in total. The highest BCUT2D eigenvalue weighted by Crippen LogP contribution is 2.26. The van der Waals surface area contributed by atoms with Gasteiger partial charge in [-0.3, -0.25) is 9.36 Å². The van der Waals surface area contributed by atoms with Crippen LogP contribution < -0.4 is 16.6 Å². The van der Waals surface area contributed by atoms with Crippen molar-refractivity contribution in [1.29, 1.82) is 0 Å².